The first-order chi connectivity index (χ1) is 16.7. The third-order valence-electron chi connectivity index (χ3n) is 6.52. The Morgan fingerprint density at radius 2 is 1.15 bits per heavy atom. The summed E-state index contributed by atoms with van der Waals surface area (Å²) in [6, 6.07) is 30.8. The fourth-order valence-electron chi connectivity index (χ4n) is 4.73. The van der Waals surface area contributed by atoms with Crippen molar-refractivity contribution >= 4 is 5.91 Å². The van der Waals surface area contributed by atoms with Crippen LogP contribution < -0.4 is 0 Å². The number of nitrogens with zero attached hydrogens (tertiary/aromatic N) is 1. The first-order valence-electron chi connectivity index (χ1n) is 12.3. The van der Waals surface area contributed by atoms with Crippen LogP contribution in [0.1, 0.15) is 36.5 Å². The molecule has 4 heteroatoms. The van der Waals surface area contributed by atoms with Gasteiger partial charge in [0, 0.05) is 5.92 Å². The number of hydrogen-bond acceptors (Lipinski definition) is 3. The third kappa shape index (κ3) is 6.78. The van der Waals surface area contributed by atoms with E-state index in [-0.39, 0.29) is 23.9 Å². The zero-order valence-electron chi connectivity index (χ0n) is 20.0. The molecule has 1 amide bonds. The van der Waals surface area contributed by atoms with Crippen molar-refractivity contribution in [1.82, 2.24) is 4.90 Å². The first kappa shape index (κ1) is 24.2. The van der Waals surface area contributed by atoms with Crippen LogP contribution in [0.5, 0.6) is 0 Å². The van der Waals surface area contributed by atoms with E-state index in [0.717, 1.165) is 30.4 Å². The topological polar surface area (TPSA) is 38.8 Å². The highest BCUT2D eigenvalue weighted by molar-refractivity contribution is 5.80. The second kappa shape index (κ2) is 12.5. The summed E-state index contributed by atoms with van der Waals surface area (Å²) in [5.41, 5.74) is 3.49. The Bertz CT molecular complexity index is 940. The van der Waals surface area contributed by atoms with Crippen LogP contribution >= 0.6 is 0 Å². The molecule has 1 heterocycles. The SMILES string of the molecule is C[C@@H](Cc1ccccc1)C(=O)N1[C@H](COCc2ccccc2)CC[C@H]1COCc1ccccc1. The summed E-state index contributed by atoms with van der Waals surface area (Å²) in [5.74, 6) is 0.108. The lowest BCUT2D eigenvalue weighted by Gasteiger charge is -2.32. The minimum Gasteiger partial charge on any atom is -0.375 e. The fraction of sp³-hybridized carbons (Fsp3) is 0.367. The molecular formula is C30H35NO3. The normalized spacial score (nSPS) is 18.7. The van der Waals surface area contributed by atoms with E-state index in [1.807, 2.05) is 61.5 Å². The minimum atomic E-state index is -0.0891. The van der Waals surface area contributed by atoms with Gasteiger partial charge in [-0.05, 0) is 36.0 Å². The van der Waals surface area contributed by atoms with Gasteiger partial charge in [0.25, 0.3) is 0 Å². The van der Waals surface area contributed by atoms with E-state index < -0.39 is 0 Å². The van der Waals surface area contributed by atoms with Gasteiger partial charge in [-0.2, -0.15) is 0 Å². The molecule has 0 aliphatic carbocycles. The summed E-state index contributed by atoms with van der Waals surface area (Å²) in [6.45, 7) is 4.27. The number of amides is 1. The van der Waals surface area contributed by atoms with E-state index in [0.29, 0.717) is 26.4 Å². The Morgan fingerprint density at radius 3 is 1.59 bits per heavy atom. The van der Waals surface area contributed by atoms with Crippen molar-refractivity contribution in [1.29, 1.82) is 0 Å². The largest absolute Gasteiger partial charge is 0.375 e. The van der Waals surface area contributed by atoms with Crippen molar-refractivity contribution < 1.29 is 14.3 Å². The third-order valence-corrected chi connectivity index (χ3v) is 6.52. The molecule has 0 N–H and O–H groups in total. The molecule has 3 aromatic carbocycles. The monoisotopic (exact) mass is 457 g/mol. The van der Waals surface area contributed by atoms with Crippen molar-refractivity contribution in [2.45, 2.75) is 51.5 Å². The number of carbonyl (C=O) groups excluding carboxylic acids is 1. The van der Waals surface area contributed by atoms with Crippen molar-refractivity contribution in [3.63, 3.8) is 0 Å². The van der Waals surface area contributed by atoms with E-state index in [1.165, 1.54) is 5.56 Å². The predicted molar refractivity (Wildman–Crippen MR) is 135 cm³/mol. The van der Waals surface area contributed by atoms with Crippen LogP contribution in [0.4, 0.5) is 0 Å². The van der Waals surface area contributed by atoms with Crippen molar-refractivity contribution in [2.24, 2.45) is 5.92 Å². The zero-order valence-corrected chi connectivity index (χ0v) is 20.0. The van der Waals surface area contributed by atoms with E-state index in [9.17, 15) is 4.79 Å². The first-order valence-corrected chi connectivity index (χ1v) is 12.3. The molecule has 3 atom stereocenters. The number of hydrogen-bond donors (Lipinski definition) is 0. The average Bonchev–Trinajstić information content (AvgIpc) is 3.28. The molecule has 178 valence electrons. The van der Waals surface area contributed by atoms with Gasteiger partial charge in [0.1, 0.15) is 0 Å². The highest BCUT2D eigenvalue weighted by atomic mass is 16.5. The Hall–Kier alpha value is -2.95. The minimum absolute atomic E-state index is 0.0831. The van der Waals surface area contributed by atoms with Crippen molar-refractivity contribution in [3.05, 3.63) is 108 Å². The molecule has 1 fully saturated rings. The lowest BCUT2D eigenvalue weighted by molar-refractivity contribution is -0.140. The highest BCUT2D eigenvalue weighted by Crippen LogP contribution is 2.28. The Balaban J connectivity index is 1.38. The quantitative estimate of drug-likeness (QED) is 0.373. The van der Waals surface area contributed by atoms with Gasteiger partial charge in [0.15, 0.2) is 0 Å². The zero-order chi connectivity index (χ0) is 23.6. The maximum atomic E-state index is 13.7. The molecule has 3 aromatic rings. The number of ether oxygens (including phenoxy) is 2. The summed E-state index contributed by atoms with van der Waals surface area (Å²) in [6.07, 6.45) is 2.63. The highest BCUT2D eigenvalue weighted by Gasteiger charge is 2.38. The molecule has 0 saturated carbocycles. The lowest BCUT2D eigenvalue weighted by Crippen LogP contribution is -2.47. The van der Waals surface area contributed by atoms with Gasteiger partial charge in [-0.3, -0.25) is 4.79 Å². The summed E-state index contributed by atoms with van der Waals surface area (Å²) in [7, 11) is 0. The fourth-order valence-corrected chi connectivity index (χ4v) is 4.73. The van der Waals surface area contributed by atoms with Crippen molar-refractivity contribution in [2.75, 3.05) is 13.2 Å². The molecule has 0 unspecified atom stereocenters. The van der Waals surface area contributed by atoms with Gasteiger partial charge in [0.2, 0.25) is 5.91 Å². The van der Waals surface area contributed by atoms with E-state index in [1.54, 1.807) is 0 Å². The Kier molecular flexibility index (Phi) is 8.89. The van der Waals surface area contributed by atoms with Crippen molar-refractivity contribution in [3.8, 4) is 0 Å². The van der Waals surface area contributed by atoms with E-state index in [2.05, 4.69) is 41.3 Å². The molecule has 0 bridgehead atoms. The Labute approximate surface area is 203 Å². The molecule has 4 rings (SSSR count). The molecule has 1 aliphatic heterocycles. The van der Waals surface area contributed by atoms with Crippen LogP contribution in [0.15, 0.2) is 91.0 Å². The van der Waals surface area contributed by atoms with Gasteiger partial charge in [-0.15, -0.1) is 0 Å². The maximum absolute atomic E-state index is 13.7. The summed E-state index contributed by atoms with van der Waals surface area (Å²) >= 11 is 0. The molecule has 0 aromatic heterocycles. The van der Waals surface area contributed by atoms with E-state index in [4.69, 9.17) is 9.47 Å². The molecule has 1 saturated heterocycles. The number of rotatable bonds is 11. The smallest absolute Gasteiger partial charge is 0.226 e. The average molecular weight is 458 g/mol. The van der Waals surface area contributed by atoms with Gasteiger partial charge in [0.05, 0.1) is 38.5 Å². The standard InChI is InChI=1S/C30H35NO3/c1-24(19-25-11-5-2-6-12-25)30(32)31-28(22-33-20-26-13-7-3-8-14-26)17-18-29(31)23-34-21-27-15-9-4-10-16-27/h2-16,24,28-29H,17-23H2,1H3/t24-,28-,29-/m0/s1. The van der Waals surface area contributed by atoms with Crippen LogP contribution in [0.3, 0.4) is 0 Å². The molecule has 4 nitrogen and oxygen atoms in total. The van der Waals surface area contributed by atoms with Crippen LogP contribution in [0, 0.1) is 5.92 Å². The second-order valence-electron chi connectivity index (χ2n) is 9.22. The number of likely N-dealkylation sites (tertiary alicyclic amines) is 1. The summed E-state index contributed by atoms with van der Waals surface area (Å²) < 4.78 is 12.1. The number of benzene rings is 3. The molecule has 0 spiro atoms. The van der Waals surface area contributed by atoms with E-state index >= 15 is 0 Å². The van der Waals surface area contributed by atoms with Crippen LogP contribution in [0.2, 0.25) is 0 Å². The van der Waals surface area contributed by atoms with Crippen LogP contribution in [0.25, 0.3) is 0 Å². The van der Waals surface area contributed by atoms with Gasteiger partial charge in [-0.25, -0.2) is 0 Å². The number of carbonyl (C=O) groups is 1. The molecule has 1 aliphatic rings. The van der Waals surface area contributed by atoms with Crippen LogP contribution in [-0.4, -0.2) is 36.1 Å². The molecule has 34 heavy (non-hydrogen) atoms. The predicted octanol–water partition coefficient (Wildman–Crippen LogP) is 5.66. The van der Waals surface area contributed by atoms with Gasteiger partial charge >= 0.3 is 0 Å². The Morgan fingerprint density at radius 1 is 0.735 bits per heavy atom. The van der Waals surface area contributed by atoms with Gasteiger partial charge < -0.3 is 14.4 Å². The second-order valence-corrected chi connectivity index (χ2v) is 9.22. The van der Waals surface area contributed by atoms with Crippen LogP contribution in [-0.2, 0) is 33.9 Å². The summed E-state index contributed by atoms with van der Waals surface area (Å²) in [4.78, 5) is 15.7. The molecule has 0 radical (unpaired) electrons. The van der Waals surface area contributed by atoms with Gasteiger partial charge in [-0.1, -0.05) is 97.9 Å². The lowest BCUT2D eigenvalue weighted by atomic mass is 9.99. The summed E-state index contributed by atoms with van der Waals surface area (Å²) in [5, 5.41) is 0. The maximum Gasteiger partial charge on any atom is 0.226 e. The molecular weight excluding hydrogens is 422 g/mol.